The van der Waals surface area contributed by atoms with Crippen LogP contribution in [0.15, 0.2) is 60.4 Å². The summed E-state index contributed by atoms with van der Waals surface area (Å²) in [6, 6.07) is 9.51. The number of halogens is 1. The van der Waals surface area contributed by atoms with Crippen molar-refractivity contribution in [2.75, 3.05) is 13.7 Å². The second-order valence-electron chi connectivity index (χ2n) is 7.03. The van der Waals surface area contributed by atoms with E-state index in [0.717, 1.165) is 10.3 Å². The Kier molecular flexibility index (Phi) is 5.29. The van der Waals surface area contributed by atoms with Crippen molar-refractivity contribution >= 4 is 34.5 Å². The number of aliphatic hydroxyl groups excluding tert-OH is 1. The first-order valence-corrected chi connectivity index (χ1v) is 9.56. The van der Waals surface area contributed by atoms with Crippen molar-refractivity contribution in [2.24, 2.45) is 0 Å². The van der Waals surface area contributed by atoms with Crippen LogP contribution in [0, 0.1) is 5.82 Å². The van der Waals surface area contributed by atoms with Gasteiger partial charge in [-0.15, -0.1) is 0 Å². The third-order valence-corrected chi connectivity index (χ3v) is 5.10. The van der Waals surface area contributed by atoms with Gasteiger partial charge in [0.25, 0.3) is 11.8 Å². The van der Waals surface area contributed by atoms with Crippen LogP contribution in [0.2, 0.25) is 0 Å². The number of carbonyl (C=O) groups is 2. The van der Waals surface area contributed by atoms with Gasteiger partial charge in [-0.05, 0) is 42.3 Å². The molecular weight excluding hydrogens is 385 g/mol. The van der Waals surface area contributed by atoms with Gasteiger partial charge in [-0.2, -0.15) is 0 Å². The number of nitrogens with zero attached hydrogens (tertiary/aromatic N) is 3. The summed E-state index contributed by atoms with van der Waals surface area (Å²) < 4.78 is 15.0. The molecule has 0 fully saturated rings. The number of fused-ring (bicyclic) bond motifs is 1. The predicted octanol–water partition coefficient (Wildman–Crippen LogP) is 3.02. The molecule has 1 aliphatic rings. The van der Waals surface area contributed by atoms with Gasteiger partial charge in [-0.3, -0.25) is 14.5 Å². The summed E-state index contributed by atoms with van der Waals surface area (Å²) in [4.78, 5) is 31.2. The molecule has 30 heavy (non-hydrogen) atoms. The highest BCUT2D eigenvalue weighted by Gasteiger charge is 2.36. The molecule has 0 saturated carbocycles. The van der Waals surface area contributed by atoms with Gasteiger partial charge in [0.15, 0.2) is 0 Å². The molecule has 6 nitrogen and oxygen atoms in total. The van der Waals surface area contributed by atoms with E-state index in [1.807, 2.05) is 10.6 Å². The quantitative estimate of drug-likeness (QED) is 0.640. The highest BCUT2D eigenvalue weighted by molar-refractivity contribution is 6.38. The normalized spacial score (nSPS) is 14.7. The van der Waals surface area contributed by atoms with E-state index in [0.29, 0.717) is 35.3 Å². The first kappa shape index (κ1) is 19.7. The molecule has 0 saturated heterocycles. The van der Waals surface area contributed by atoms with Crippen molar-refractivity contribution in [3.8, 4) is 0 Å². The Morgan fingerprint density at radius 1 is 1.10 bits per heavy atom. The van der Waals surface area contributed by atoms with E-state index in [-0.39, 0.29) is 23.9 Å². The van der Waals surface area contributed by atoms with E-state index in [1.165, 1.54) is 19.2 Å². The van der Waals surface area contributed by atoms with Crippen LogP contribution in [-0.4, -0.2) is 45.0 Å². The van der Waals surface area contributed by atoms with Crippen LogP contribution in [-0.2, 0) is 16.1 Å². The lowest BCUT2D eigenvalue weighted by Gasteiger charge is -2.05. The fraction of sp³-hybridized carbons (Fsp3) is 0.174. The van der Waals surface area contributed by atoms with Gasteiger partial charge in [-0.1, -0.05) is 18.2 Å². The lowest BCUT2D eigenvalue weighted by atomic mass is 10.0. The lowest BCUT2D eigenvalue weighted by Crippen LogP contribution is -2.26. The number of aliphatic hydroxyl groups is 1. The second kappa shape index (κ2) is 8.04. The Morgan fingerprint density at radius 3 is 2.60 bits per heavy atom. The molecule has 7 heteroatoms. The number of aryl methyl sites for hydroxylation is 1. The number of amides is 2. The maximum Gasteiger partial charge on any atom is 0.261 e. The average molecular weight is 405 g/mol. The fourth-order valence-corrected chi connectivity index (χ4v) is 3.56. The highest BCUT2D eigenvalue weighted by Crippen LogP contribution is 2.34. The summed E-state index contributed by atoms with van der Waals surface area (Å²) in [5, 5.41) is 9.94. The Balaban J connectivity index is 1.86. The first-order valence-electron chi connectivity index (χ1n) is 9.56. The molecule has 0 bridgehead atoms. The standard InChI is InChI=1S/C23H20FN3O3/c1-26-22(29)18(10-7-15-5-8-16(24)9-6-15)20(23(26)30)19-14-27(12-3-13-28)21-17(19)4-2-11-25-21/h2,4-11,14,28H,3,12-13H2,1H3/b10-7+. The maximum atomic E-state index is 13.2. The van der Waals surface area contributed by atoms with Crippen molar-refractivity contribution in [3.05, 3.63) is 77.4 Å². The summed E-state index contributed by atoms with van der Waals surface area (Å²) in [6.45, 7) is 0.576. The topological polar surface area (TPSA) is 75.4 Å². The summed E-state index contributed by atoms with van der Waals surface area (Å²) in [5.41, 5.74) is 2.60. The van der Waals surface area contributed by atoms with E-state index in [2.05, 4.69) is 4.98 Å². The average Bonchev–Trinajstić information content (AvgIpc) is 3.22. The van der Waals surface area contributed by atoms with Crippen LogP contribution in [0.1, 0.15) is 17.5 Å². The van der Waals surface area contributed by atoms with Gasteiger partial charge in [0.1, 0.15) is 11.5 Å². The zero-order valence-electron chi connectivity index (χ0n) is 16.4. The molecule has 0 unspecified atom stereocenters. The Labute approximate surface area is 172 Å². The van der Waals surface area contributed by atoms with Gasteiger partial charge >= 0.3 is 0 Å². The zero-order valence-corrected chi connectivity index (χ0v) is 16.4. The van der Waals surface area contributed by atoms with Crippen molar-refractivity contribution in [2.45, 2.75) is 13.0 Å². The zero-order chi connectivity index (χ0) is 21.3. The van der Waals surface area contributed by atoms with Gasteiger partial charge in [-0.25, -0.2) is 9.37 Å². The van der Waals surface area contributed by atoms with Gasteiger partial charge < -0.3 is 9.67 Å². The summed E-state index contributed by atoms with van der Waals surface area (Å²) in [6.07, 6.45) is 7.29. The number of pyridine rings is 1. The van der Waals surface area contributed by atoms with Crippen molar-refractivity contribution < 1.29 is 19.1 Å². The van der Waals surface area contributed by atoms with E-state index in [4.69, 9.17) is 0 Å². The Bertz CT molecular complexity index is 1190. The number of hydrogen-bond acceptors (Lipinski definition) is 4. The molecule has 3 aromatic rings. The highest BCUT2D eigenvalue weighted by atomic mass is 19.1. The Morgan fingerprint density at radius 2 is 1.87 bits per heavy atom. The van der Waals surface area contributed by atoms with E-state index < -0.39 is 5.91 Å². The minimum Gasteiger partial charge on any atom is -0.396 e. The molecule has 152 valence electrons. The monoisotopic (exact) mass is 405 g/mol. The smallest absolute Gasteiger partial charge is 0.261 e. The van der Waals surface area contributed by atoms with Crippen LogP contribution >= 0.6 is 0 Å². The van der Waals surface area contributed by atoms with Gasteiger partial charge in [0.05, 0.1) is 11.1 Å². The third kappa shape index (κ3) is 3.44. The molecule has 1 aromatic carbocycles. The van der Waals surface area contributed by atoms with Crippen LogP contribution in [0.5, 0.6) is 0 Å². The molecule has 4 rings (SSSR count). The predicted molar refractivity (Wildman–Crippen MR) is 112 cm³/mol. The maximum absolute atomic E-state index is 13.2. The largest absolute Gasteiger partial charge is 0.396 e. The third-order valence-electron chi connectivity index (χ3n) is 5.10. The first-order chi connectivity index (χ1) is 14.5. The number of benzene rings is 1. The van der Waals surface area contributed by atoms with E-state index in [9.17, 15) is 19.1 Å². The molecule has 1 aliphatic heterocycles. The molecule has 0 spiro atoms. The summed E-state index contributed by atoms with van der Waals surface area (Å²) in [5.74, 6) is -1.13. The number of imide groups is 1. The van der Waals surface area contributed by atoms with Gasteiger partial charge in [0, 0.05) is 43.5 Å². The van der Waals surface area contributed by atoms with Crippen molar-refractivity contribution in [1.29, 1.82) is 0 Å². The minimum atomic E-state index is -0.395. The fourth-order valence-electron chi connectivity index (χ4n) is 3.56. The Hall–Kier alpha value is -3.58. The van der Waals surface area contributed by atoms with E-state index >= 15 is 0 Å². The molecular formula is C23H20FN3O3. The summed E-state index contributed by atoms with van der Waals surface area (Å²) in [7, 11) is 1.45. The molecule has 2 amide bonds. The van der Waals surface area contributed by atoms with Crippen LogP contribution in [0.4, 0.5) is 4.39 Å². The lowest BCUT2D eigenvalue weighted by molar-refractivity contribution is -0.135. The summed E-state index contributed by atoms with van der Waals surface area (Å²) >= 11 is 0. The molecule has 0 atom stereocenters. The van der Waals surface area contributed by atoms with Crippen molar-refractivity contribution in [1.82, 2.24) is 14.5 Å². The van der Waals surface area contributed by atoms with Crippen LogP contribution in [0.25, 0.3) is 22.7 Å². The minimum absolute atomic E-state index is 0.0380. The number of rotatable bonds is 6. The number of aromatic nitrogens is 2. The second-order valence-corrected chi connectivity index (χ2v) is 7.03. The molecule has 1 N–H and O–H groups in total. The number of carbonyl (C=O) groups excluding carboxylic acids is 2. The molecule has 0 aliphatic carbocycles. The van der Waals surface area contributed by atoms with E-state index in [1.54, 1.807) is 42.7 Å². The molecule has 2 aromatic heterocycles. The van der Waals surface area contributed by atoms with Crippen LogP contribution < -0.4 is 0 Å². The molecule has 0 radical (unpaired) electrons. The molecule has 3 heterocycles. The van der Waals surface area contributed by atoms with Crippen LogP contribution in [0.3, 0.4) is 0 Å². The van der Waals surface area contributed by atoms with Crippen molar-refractivity contribution in [3.63, 3.8) is 0 Å². The number of likely N-dealkylation sites (N-methyl/N-ethyl adjacent to an activating group) is 1. The SMILES string of the molecule is CN1C(=O)C(/C=C/c2ccc(F)cc2)=C(c2cn(CCCO)c3ncccc23)C1=O. The number of hydrogen-bond donors (Lipinski definition) is 1. The van der Waals surface area contributed by atoms with Gasteiger partial charge in [0.2, 0.25) is 0 Å².